The molecule has 0 unspecified atom stereocenters. The lowest BCUT2D eigenvalue weighted by Crippen LogP contribution is -2.34. The van der Waals surface area contributed by atoms with Gasteiger partial charge < -0.3 is 4.90 Å². The first-order valence-electron chi connectivity index (χ1n) is 8.38. The number of amides is 1. The number of carbonyl (C=O) groups is 1. The first-order chi connectivity index (χ1) is 12.3. The summed E-state index contributed by atoms with van der Waals surface area (Å²) >= 11 is 1.76. The Morgan fingerprint density at radius 1 is 1.16 bits per heavy atom. The lowest BCUT2D eigenvalue weighted by atomic mass is 10.0. The van der Waals surface area contributed by atoms with Crippen LogP contribution in [0.1, 0.15) is 27.2 Å². The molecular weight excluding hydrogens is 330 g/mol. The highest BCUT2D eigenvalue weighted by Gasteiger charge is 2.19. The van der Waals surface area contributed by atoms with Crippen molar-refractivity contribution >= 4 is 22.8 Å². The number of rotatable bonds is 4. The second-order valence-electron chi connectivity index (χ2n) is 6.11. The smallest absolute Gasteiger partial charge is 0.254 e. The van der Waals surface area contributed by atoms with Gasteiger partial charge >= 0.3 is 0 Å². The van der Waals surface area contributed by atoms with Gasteiger partial charge in [0, 0.05) is 35.9 Å². The maximum Gasteiger partial charge on any atom is 0.254 e. The van der Waals surface area contributed by atoms with Gasteiger partial charge in [-0.25, -0.2) is 0 Å². The lowest BCUT2D eigenvalue weighted by molar-refractivity contribution is 0.0773. The zero-order valence-electron chi connectivity index (χ0n) is 13.8. The molecule has 1 aromatic carbocycles. The minimum absolute atomic E-state index is 0.104. The van der Waals surface area contributed by atoms with Crippen molar-refractivity contribution in [1.29, 1.82) is 0 Å². The summed E-state index contributed by atoms with van der Waals surface area (Å²) in [4.78, 5) is 15.9. The molecule has 1 amide bonds. The number of hydrogen-bond acceptors (Lipinski definition) is 3. The van der Waals surface area contributed by atoms with Gasteiger partial charge in [0.05, 0.1) is 6.54 Å². The van der Waals surface area contributed by atoms with Crippen molar-refractivity contribution in [2.75, 3.05) is 13.1 Å². The number of thiophene rings is 1. The molecule has 2 aromatic heterocycles. The summed E-state index contributed by atoms with van der Waals surface area (Å²) in [7, 11) is 0. The molecular formula is C20H19N3OS. The minimum atomic E-state index is 0.104. The Balaban J connectivity index is 1.41. The maximum absolute atomic E-state index is 12.7. The van der Waals surface area contributed by atoms with Crippen LogP contribution in [0.2, 0.25) is 0 Å². The molecule has 0 saturated carbocycles. The van der Waals surface area contributed by atoms with E-state index >= 15 is 0 Å². The number of carbonyl (C=O) groups excluding carboxylic acids is 1. The van der Waals surface area contributed by atoms with E-state index in [0.29, 0.717) is 6.54 Å². The molecule has 0 radical (unpaired) electrons. The lowest BCUT2D eigenvalue weighted by Gasteiger charge is -2.26. The third-order valence-electron chi connectivity index (χ3n) is 4.44. The Labute approximate surface area is 151 Å². The fraction of sp³-hybridized carbons (Fsp3) is 0.200. The number of nitrogens with zero attached hydrogens (tertiary/aromatic N) is 3. The first kappa shape index (κ1) is 15.8. The normalized spacial score (nSPS) is 14.4. The van der Waals surface area contributed by atoms with Gasteiger partial charge in [0.1, 0.15) is 0 Å². The molecule has 4 nitrogen and oxygen atoms in total. The molecule has 4 rings (SSSR count). The van der Waals surface area contributed by atoms with E-state index in [1.807, 2.05) is 46.1 Å². The molecule has 0 saturated heterocycles. The third-order valence-corrected chi connectivity index (χ3v) is 5.38. The molecule has 3 heterocycles. The van der Waals surface area contributed by atoms with E-state index in [9.17, 15) is 4.79 Å². The Hall–Kier alpha value is -2.66. The van der Waals surface area contributed by atoms with Crippen LogP contribution in [0, 0.1) is 0 Å². The summed E-state index contributed by atoms with van der Waals surface area (Å²) < 4.78 is 1.87. The van der Waals surface area contributed by atoms with Gasteiger partial charge in [0.15, 0.2) is 0 Å². The van der Waals surface area contributed by atoms with Crippen LogP contribution in [0.5, 0.6) is 0 Å². The van der Waals surface area contributed by atoms with Crippen LogP contribution in [0.25, 0.3) is 5.57 Å². The van der Waals surface area contributed by atoms with Crippen LogP contribution < -0.4 is 0 Å². The monoisotopic (exact) mass is 349 g/mol. The zero-order chi connectivity index (χ0) is 17.1. The largest absolute Gasteiger partial charge is 0.335 e. The fourth-order valence-corrected chi connectivity index (χ4v) is 3.85. The van der Waals surface area contributed by atoms with Gasteiger partial charge in [-0.3, -0.25) is 9.48 Å². The quantitative estimate of drug-likeness (QED) is 0.716. The molecule has 0 fully saturated rings. The molecule has 0 aliphatic carbocycles. The maximum atomic E-state index is 12.7. The summed E-state index contributed by atoms with van der Waals surface area (Å²) in [5, 5.41) is 6.30. The van der Waals surface area contributed by atoms with E-state index < -0.39 is 0 Å². The van der Waals surface area contributed by atoms with Crippen molar-refractivity contribution in [3.63, 3.8) is 0 Å². The zero-order valence-corrected chi connectivity index (χ0v) is 14.7. The molecule has 0 spiro atoms. The first-order valence-corrected chi connectivity index (χ1v) is 9.26. The van der Waals surface area contributed by atoms with Crippen molar-refractivity contribution < 1.29 is 4.79 Å². The molecule has 3 aromatic rings. The van der Waals surface area contributed by atoms with Gasteiger partial charge in [0.2, 0.25) is 0 Å². The fourth-order valence-electron chi connectivity index (χ4n) is 3.06. The second-order valence-corrected chi connectivity index (χ2v) is 7.06. The van der Waals surface area contributed by atoms with Crippen LogP contribution in [-0.2, 0) is 6.54 Å². The van der Waals surface area contributed by atoms with Crippen molar-refractivity contribution in [1.82, 2.24) is 14.7 Å². The average molecular weight is 349 g/mol. The summed E-state index contributed by atoms with van der Waals surface area (Å²) in [6.07, 6.45) is 6.81. The highest BCUT2D eigenvalue weighted by molar-refractivity contribution is 7.11. The molecule has 0 atom stereocenters. The number of benzene rings is 1. The van der Waals surface area contributed by atoms with E-state index in [1.54, 1.807) is 17.5 Å². The predicted octanol–water partition coefficient (Wildman–Crippen LogP) is 3.92. The average Bonchev–Trinajstić information content (AvgIpc) is 3.36. The van der Waals surface area contributed by atoms with E-state index in [-0.39, 0.29) is 5.91 Å². The molecule has 0 N–H and O–H groups in total. The van der Waals surface area contributed by atoms with E-state index in [1.165, 1.54) is 10.5 Å². The van der Waals surface area contributed by atoms with Crippen molar-refractivity contribution in [2.45, 2.75) is 13.0 Å². The van der Waals surface area contributed by atoms with Gasteiger partial charge in [-0.15, -0.1) is 11.3 Å². The second kappa shape index (κ2) is 7.07. The topological polar surface area (TPSA) is 38.1 Å². The van der Waals surface area contributed by atoms with Gasteiger partial charge in [-0.05, 0) is 47.2 Å². The van der Waals surface area contributed by atoms with Gasteiger partial charge in [-0.2, -0.15) is 5.10 Å². The van der Waals surface area contributed by atoms with Gasteiger partial charge in [0.25, 0.3) is 5.91 Å². The van der Waals surface area contributed by atoms with Crippen molar-refractivity contribution in [3.05, 3.63) is 82.3 Å². The summed E-state index contributed by atoms with van der Waals surface area (Å²) in [5.41, 5.74) is 3.24. The molecule has 25 heavy (non-hydrogen) atoms. The molecule has 5 heteroatoms. The third kappa shape index (κ3) is 3.56. The highest BCUT2D eigenvalue weighted by Crippen LogP contribution is 2.26. The predicted molar refractivity (Wildman–Crippen MR) is 101 cm³/mol. The van der Waals surface area contributed by atoms with Crippen molar-refractivity contribution in [2.24, 2.45) is 0 Å². The molecule has 1 aliphatic rings. The van der Waals surface area contributed by atoms with Crippen LogP contribution in [0.3, 0.4) is 0 Å². The molecule has 0 bridgehead atoms. The number of hydrogen-bond donors (Lipinski definition) is 0. The van der Waals surface area contributed by atoms with Gasteiger partial charge in [-0.1, -0.05) is 24.3 Å². The van der Waals surface area contributed by atoms with E-state index in [2.05, 4.69) is 28.7 Å². The Morgan fingerprint density at radius 2 is 2.04 bits per heavy atom. The number of aromatic nitrogens is 2. The van der Waals surface area contributed by atoms with E-state index in [0.717, 1.165) is 30.6 Å². The SMILES string of the molecule is O=C(c1ccc(Cn2cccn2)cc1)N1CC=C(c2cccs2)CC1. The Bertz CT molecular complexity index is 864. The standard InChI is InChI=1S/C20H19N3OS/c24-20(22-12-8-17(9-13-22)19-3-1-14-25-19)18-6-4-16(5-7-18)15-23-11-2-10-21-23/h1-8,10-11,14H,9,12-13,15H2. The Kier molecular flexibility index (Phi) is 4.48. The van der Waals surface area contributed by atoms with Crippen LogP contribution in [0.4, 0.5) is 0 Å². The highest BCUT2D eigenvalue weighted by atomic mass is 32.1. The van der Waals surface area contributed by atoms with Crippen molar-refractivity contribution in [3.8, 4) is 0 Å². The summed E-state index contributed by atoms with van der Waals surface area (Å²) in [6.45, 7) is 2.18. The Morgan fingerprint density at radius 3 is 2.68 bits per heavy atom. The summed E-state index contributed by atoms with van der Waals surface area (Å²) in [6, 6.07) is 14.0. The summed E-state index contributed by atoms with van der Waals surface area (Å²) in [5.74, 6) is 0.104. The molecule has 1 aliphatic heterocycles. The van der Waals surface area contributed by atoms with Crippen LogP contribution >= 0.6 is 11.3 Å². The molecule has 126 valence electrons. The minimum Gasteiger partial charge on any atom is -0.335 e. The van der Waals surface area contributed by atoms with E-state index in [4.69, 9.17) is 0 Å². The van der Waals surface area contributed by atoms with Crippen LogP contribution in [-0.4, -0.2) is 33.7 Å². The van der Waals surface area contributed by atoms with Crippen LogP contribution in [0.15, 0.2) is 66.3 Å².